The Hall–Kier alpha value is -1.02. The van der Waals surface area contributed by atoms with Crippen LogP contribution in [0.25, 0.3) is 0 Å². The van der Waals surface area contributed by atoms with Crippen LogP contribution < -0.4 is 10.6 Å². The number of rotatable bonds is 4. The molecular weight excluding hydrogens is 208 g/mol. The maximum Gasteiger partial charge on any atom is 0.0368 e. The molecule has 1 aromatic rings. The number of nitrogens with two attached hydrogens (primary N) is 1. The summed E-state index contributed by atoms with van der Waals surface area (Å²) in [5.74, 6) is 0. The SMILES string of the molecule is CC1CCCCN1c1ccc(CCCN)cc1. The number of hydrogen-bond acceptors (Lipinski definition) is 2. The van der Waals surface area contributed by atoms with Crippen molar-refractivity contribution in [1.82, 2.24) is 0 Å². The van der Waals surface area contributed by atoms with E-state index in [0.717, 1.165) is 19.4 Å². The Bertz CT molecular complexity index is 331. The Morgan fingerprint density at radius 1 is 1.24 bits per heavy atom. The van der Waals surface area contributed by atoms with Gasteiger partial charge in [-0.2, -0.15) is 0 Å². The fourth-order valence-corrected chi connectivity index (χ4v) is 2.64. The van der Waals surface area contributed by atoms with Crippen LogP contribution in [0.15, 0.2) is 24.3 Å². The summed E-state index contributed by atoms with van der Waals surface area (Å²) < 4.78 is 0. The van der Waals surface area contributed by atoms with Gasteiger partial charge in [-0.05, 0) is 63.3 Å². The van der Waals surface area contributed by atoms with E-state index in [1.165, 1.54) is 37.1 Å². The standard InChI is InChI=1S/C15H24N2/c1-13-5-2-3-12-17(13)15-9-7-14(8-10-15)6-4-11-16/h7-10,13H,2-6,11-12,16H2,1H3. The second-order valence-electron chi connectivity index (χ2n) is 5.10. The summed E-state index contributed by atoms with van der Waals surface area (Å²) in [5, 5.41) is 0. The second-order valence-corrected chi connectivity index (χ2v) is 5.10. The van der Waals surface area contributed by atoms with Crippen molar-refractivity contribution in [3.8, 4) is 0 Å². The molecule has 17 heavy (non-hydrogen) atoms. The van der Waals surface area contributed by atoms with Gasteiger partial charge in [0.1, 0.15) is 0 Å². The summed E-state index contributed by atoms with van der Waals surface area (Å²) in [4.78, 5) is 2.54. The molecule has 1 heterocycles. The molecule has 0 saturated carbocycles. The zero-order valence-corrected chi connectivity index (χ0v) is 10.9. The first-order chi connectivity index (χ1) is 8.31. The zero-order valence-electron chi connectivity index (χ0n) is 10.9. The van der Waals surface area contributed by atoms with Gasteiger partial charge in [0.2, 0.25) is 0 Å². The predicted octanol–water partition coefficient (Wildman–Crippen LogP) is 2.96. The summed E-state index contributed by atoms with van der Waals surface area (Å²) in [6.45, 7) is 4.33. The lowest BCUT2D eigenvalue weighted by Gasteiger charge is -2.35. The van der Waals surface area contributed by atoms with Gasteiger partial charge >= 0.3 is 0 Å². The topological polar surface area (TPSA) is 29.3 Å². The third-order valence-corrected chi connectivity index (χ3v) is 3.74. The quantitative estimate of drug-likeness (QED) is 0.865. The molecule has 0 bridgehead atoms. The van der Waals surface area contributed by atoms with E-state index in [9.17, 15) is 0 Å². The highest BCUT2D eigenvalue weighted by atomic mass is 15.2. The van der Waals surface area contributed by atoms with Crippen molar-refractivity contribution in [2.45, 2.75) is 45.1 Å². The normalized spacial score (nSPS) is 20.6. The molecule has 1 aromatic carbocycles. The molecule has 2 N–H and O–H groups in total. The molecule has 1 fully saturated rings. The van der Waals surface area contributed by atoms with Crippen LogP contribution >= 0.6 is 0 Å². The lowest BCUT2D eigenvalue weighted by Crippen LogP contribution is -2.37. The van der Waals surface area contributed by atoms with Crippen molar-refractivity contribution in [2.24, 2.45) is 5.73 Å². The van der Waals surface area contributed by atoms with Crippen molar-refractivity contribution < 1.29 is 0 Å². The van der Waals surface area contributed by atoms with Crippen LogP contribution in [0.3, 0.4) is 0 Å². The number of nitrogens with zero attached hydrogens (tertiary/aromatic N) is 1. The van der Waals surface area contributed by atoms with Crippen LogP contribution in [-0.4, -0.2) is 19.1 Å². The molecule has 2 heteroatoms. The van der Waals surface area contributed by atoms with E-state index in [2.05, 4.69) is 36.1 Å². The molecule has 0 radical (unpaired) electrons. The smallest absolute Gasteiger partial charge is 0.0368 e. The largest absolute Gasteiger partial charge is 0.369 e. The Morgan fingerprint density at radius 2 is 2.00 bits per heavy atom. The maximum atomic E-state index is 5.53. The molecule has 1 atom stereocenters. The van der Waals surface area contributed by atoms with Crippen LogP contribution in [0, 0.1) is 0 Å². The van der Waals surface area contributed by atoms with Gasteiger partial charge in [-0.25, -0.2) is 0 Å². The lowest BCUT2D eigenvalue weighted by molar-refractivity contribution is 0.485. The Balaban J connectivity index is 2.01. The first-order valence-corrected chi connectivity index (χ1v) is 6.87. The average molecular weight is 232 g/mol. The van der Waals surface area contributed by atoms with Gasteiger partial charge < -0.3 is 10.6 Å². The molecule has 2 rings (SSSR count). The predicted molar refractivity (Wildman–Crippen MR) is 74.5 cm³/mol. The van der Waals surface area contributed by atoms with Crippen molar-refractivity contribution >= 4 is 5.69 Å². The molecule has 1 aliphatic heterocycles. The summed E-state index contributed by atoms with van der Waals surface area (Å²) >= 11 is 0. The van der Waals surface area contributed by atoms with Crippen LogP contribution in [0.5, 0.6) is 0 Å². The highest BCUT2D eigenvalue weighted by molar-refractivity contribution is 5.48. The Kier molecular flexibility index (Phi) is 4.43. The number of piperidine rings is 1. The molecule has 2 nitrogen and oxygen atoms in total. The van der Waals surface area contributed by atoms with Crippen molar-refractivity contribution in [3.63, 3.8) is 0 Å². The van der Waals surface area contributed by atoms with Gasteiger partial charge in [0, 0.05) is 18.3 Å². The van der Waals surface area contributed by atoms with Crippen LogP contribution in [0.1, 0.15) is 38.2 Å². The highest BCUT2D eigenvalue weighted by Gasteiger charge is 2.17. The van der Waals surface area contributed by atoms with Gasteiger partial charge in [0.25, 0.3) is 0 Å². The summed E-state index contributed by atoms with van der Waals surface area (Å²) in [6.07, 6.45) is 6.23. The van der Waals surface area contributed by atoms with Crippen molar-refractivity contribution in [2.75, 3.05) is 18.0 Å². The number of hydrogen-bond donors (Lipinski definition) is 1. The van der Waals surface area contributed by atoms with Crippen LogP contribution in [0.4, 0.5) is 5.69 Å². The first kappa shape index (κ1) is 12.4. The molecule has 94 valence electrons. The van der Waals surface area contributed by atoms with E-state index in [1.54, 1.807) is 0 Å². The maximum absolute atomic E-state index is 5.53. The van der Waals surface area contributed by atoms with Gasteiger partial charge in [-0.1, -0.05) is 12.1 Å². The zero-order chi connectivity index (χ0) is 12.1. The second kappa shape index (κ2) is 6.06. The monoisotopic (exact) mass is 232 g/mol. The van der Waals surface area contributed by atoms with Crippen molar-refractivity contribution in [3.05, 3.63) is 29.8 Å². The fraction of sp³-hybridized carbons (Fsp3) is 0.600. The molecule has 0 aromatic heterocycles. The highest BCUT2D eigenvalue weighted by Crippen LogP contribution is 2.24. The summed E-state index contributed by atoms with van der Waals surface area (Å²) in [7, 11) is 0. The minimum Gasteiger partial charge on any atom is -0.369 e. The van der Waals surface area contributed by atoms with Gasteiger partial charge in [0.05, 0.1) is 0 Å². The molecule has 1 aliphatic rings. The molecule has 1 saturated heterocycles. The molecule has 0 aliphatic carbocycles. The molecule has 0 amide bonds. The van der Waals surface area contributed by atoms with Gasteiger partial charge in [-0.3, -0.25) is 0 Å². The lowest BCUT2D eigenvalue weighted by atomic mass is 10.0. The number of benzene rings is 1. The van der Waals surface area contributed by atoms with E-state index in [4.69, 9.17) is 5.73 Å². The summed E-state index contributed by atoms with van der Waals surface area (Å²) in [5.41, 5.74) is 8.32. The van der Waals surface area contributed by atoms with E-state index in [-0.39, 0.29) is 0 Å². The van der Waals surface area contributed by atoms with E-state index >= 15 is 0 Å². The first-order valence-electron chi connectivity index (χ1n) is 6.87. The fourth-order valence-electron chi connectivity index (χ4n) is 2.64. The average Bonchev–Trinajstić information content (AvgIpc) is 2.38. The van der Waals surface area contributed by atoms with Gasteiger partial charge in [-0.15, -0.1) is 0 Å². The Morgan fingerprint density at radius 3 is 2.65 bits per heavy atom. The summed E-state index contributed by atoms with van der Waals surface area (Å²) in [6, 6.07) is 9.75. The number of aryl methyl sites for hydroxylation is 1. The van der Waals surface area contributed by atoms with Crippen LogP contribution in [-0.2, 0) is 6.42 Å². The molecule has 1 unspecified atom stereocenters. The van der Waals surface area contributed by atoms with E-state index in [1.807, 2.05) is 0 Å². The van der Waals surface area contributed by atoms with Crippen LogP contribution in [0.2, 0.25) is 0 Å². The number of anilines is 1. The van der Waals surface area contributed by atoms with Gasteiger partial charge in [0.15, 0.2) is 0 Å². The minimum atomic E-state index is 0.693. The molecule has 0 spiro atoms. The third-order valence-electron chi connectivity index (χ3n) is 3.74. The molecular formula is C15H24N2. The minimum absolute atomic E-state index is 0.693. The van der Waals surface area contributed by atoms with Crippen molar-refractivity contribution in [1.29, 1.82) is 0 Å². The third kappa shape index (κ3) is 3.22. The Labute approximate surface area is 105 Å². The van der Waals surface area contributed by atoms with E-state index in [0.29, 0.717) is 6.04 Å². The van der Waals surface area contributed by atoms with E-state index < -0.39 is 0 Å².